The van der Waals surface area contributed by atoms with Crippen molar-refractivity contribution in [1.82, 2.24) is 10.2 Å². The maximum atomic E-state index is 11.9. The first-order valence-corrected chi connectivity index (χ1v) is 8.38. The van der Waals surface area contributed by atoms with Crippen LogP contribution in [0.3, 0.4) is 0 Å². The molecular formula is C12H20N2O6S. The topological polar surface area (TPSA) is 121 Å². The van der Waals surface area contributed by atoms with Gasteiger partial charge in [0.15, 0.2) is 9.84 Å². The number of carboxylic acids is 1. The van der Waals surface area contributed by atoms with E-state index < -0.39 is 33.2 Å². The molecule has 2 N–H and O–H groups in total. The molecule has 3 amide bonds. The summed E-state index contributed by atoms with van der Waals surface area (Å²) in [4.78, 5) is 35.7. The molecule has 0 aromatic rings. The molecule has 9 heteroatoms. The van der Waals surface area contributed by atoms with Gasteiger partial charge in [0.25, 0.3) is 0 Å². The number of urea groups is 1. The standard InChI is InChI=1S/C12H20N2O6S/c1-12(2,10(16)17)8-9(15)13-11(18)14-4-3-6-21(19,20)7-5-14/h3-8H2,1-2H3,(H,16,17)(H,13,15,18). The lowest BCUT2D eigenvalue weighted by atomic mass is 9.89. The number of carbonyl (C=O) groups is 3. The number of imide groups is 1. The van der Waals surface area contributed by atoms with E-state index in [1.165, 1.54) is 18.7 Å². The van der Waals surface area contributed by atoms with Gasteiger partial charge in [-0.25, -0.2) is 13.2 Å². The number of amides is 3. The SMILES string of the molecule is CC(C)(CC(=O)NC(=O)N1CCCS(=O)(=O)CC1)C(=O)O. The summed E-state index contributed by atoms with van der Waals surface area (Å²) in [6.45, 7) is 3.06. The highest BCUT2D eigenvalue weighted by atomic mass is 32.2. The van der Waals surface area contributed by atoms with Crippen LogP contribution in [0.2, 0.25) is 0 Å². The van der Waals surface area contributed by atoms with E-state index in [1.54, 1.807) is 0 Å². The molecule has 1 rings (SSSR count). The van der Waals surface area contributed by atoms with E-state index in [2.05, 4.69) is 5.32 Å². The Balaban J connectivity index is 2.57. The molecule has 0 aromatic heterocycles. The second-order valence-corrected chi connectivity index (χ2v) is 8.02. The Labute approximate surface area is 123 Å². The summed E-state index contributed by atoms with van der Waals surface area (Å²) < 4.78 is 22.9. The molecule has 0 aliphatic carbocycles. The zero-order valence-corrected chi connectivity index (χ0v) is 12.9. The third-order valence-corrected chi connectivity index (χ3v) is 4.99. The molecule has 1 aliphatic heterocycles. The first-order chi connectivity index (χ1) is 9.53. The molecule has 1 aliphatic rings. The predicted octanol–water partition coefficient (Wildman–Crippen LogP) is -0.156. The van der Waals surface area contributed by atoms with Crippen molar-refractivity contribution in [2.75, 3.05) is 24.6 Å². The Morgan fingerprint density at radius 2 is 1.81 bits per heavy atom. The van der Waals surface area contributed by atoms with E-state index >= 15 is 0 Å². The largest absolute Gasteiger partial charge is 0.481 e. The molecule has 21 heavy (non-hydrogen) atoms. The molecule has 0 spiro atoms. The van der Waals surface area contributed by atoms with E-state index in [0.717, 1.165) is 0 Å². The highest BCUT2D eigenvalue weighted by molar-refractivity contribution is 7.91. The summed E-state index contributed by atoms with van der Waals surface area (Å²) in [5.41, 5.74) is -1.27. The Hall–Kier alpha value is -1.64. The van der Waals surface area contributed by atoms with Gasteiger partial charge in [-0.05, 0) is 20.3 Å². The fourth-order valence-corrected chi connectivity index (χ4v) is 3.13. The minimum absolute atomic E-state index is 0.0246. The minimum Gasteiger partial charge on any atom is -0.481 e. The first-order valence-electron chi connectivity index (χ1n) is 6.56. The molecule has 120 valence electrons. The molecule has 0 radical (unpaired) electrons. The number of carboxylic acid groups (broad SMARTS) is 1. The fourth-order valence-electron chi connectivity index (χ4n) is 1.86. The highest BCUT2D eigenvalue weighted by Crippen LogP contribution is 2.20. The normalized spacial score (nSPS) is 18.7. The van der Waals surface area contributed by atoms with Gasteiger partial charge in [-0.1, -0.05) is 0 Å². The highest BCUT2D eigenvalue weighted by Gasteiger charge is 2.31. The summed E-state index contributed by atoms with van der Waals surface area (Å²) in [6, 6.07) is -0.682. The molecule has 0 saturated carbocycles. The smallest absolute Gasteiger partial charge is 0.324 e. The molecular weight excluding hydrogens is 300 g/mol. The van der Waals surface area contributed by atoms with Gasteiger partial charge in [0.1, 0.15) is 0 Å². The lowest BCUT2D eigenvalue weighted by Crippen LogP contribution is -2.45. The summed E-state index contributed by atoms with van der Waals surface area (Å²) in [5.74, 6) is -1.93. The molecule has 8 nitrogen and oxygen atoms in total. The van der Waals surface area contributed by atoms with E-state index in [4.69, 9.17) is 5.11 Å². The van der Waals surface area contributed by atoms with Crippen LogP contribution in [0.15, 0.2) is 0 Å². The molecule has 1 saturated heterocycles. The van der Waals surface area contributed by atoms with E-state index in [1.807, 2.05) is 0 Å². The molecule has 0 unspecified atom stereocenters. The fraction of sp³-hybridized carbons (Fsp3) is 0.750. The summed E-state index contributed by atoms with van der Waals surface area (Å²) in [7, 11) is -3.14. The van der Waals surface area contributed by atoms with Gasteiger partial charge in [0.05, 0.1) is 16.9 Å². The Bertz CT molecular complexity index is 540. The van der Waals surface area contributed by atoms with Crippen LogP contribution < -0.4 is 5.32 Å². The van der Waals surface area contributed by atoms with Gasteiger partial charge in [0, 0.05) is 19.5 Å². The lowest BCUT2D eigenvalue weighted by Gasteiger charge is -2.22. The summed E-state index contributed by atoms with van der Waals surface area (Å²) >= 11 is 0. The van der Waals surface area contributed by atoms with Crippen molar-refractivity contribution in [1.29, 1.82) is 0 Å². The number of rotatable bonds is 3. The predicted molar refractivity (Wildman–Crippen MR) is 74.4 cm³/mol. The molecule has 0 bridgehead atoms. The van der Waals surface area contributed by atoms with Gasteiger partial charge >= 0.3 is 12.0 Å². The summed E-state index contributed by atoms with van der Waals surface area (Å²) in [6.07, 6.45) is -0.00915. The number of aliphatic carboxylic acids is 1. The van der Waals surface area contributed by atoms with Crippen molar-refractivity contribution in [3.8, 4) is 0 Å². The van der Waals surface area contributed by atoms with Crippen LogP contribution in [0.4, 0.5) is 4.79 Å². The monoisotopic (exact) mass is 320 g/mol. The van der Waals surface area contributed by atoms with Crippen molar-refractivity contribution < 1.29 is 27.9 Å². The number of nitrogens with zero attached hydrogens (tertiary/aromatic N) is 1. The van der Waals surface area contributed by atoms with Gasteiger partial charge in [-0.15, -0.1) is 0 Å². The molecule has 1 fully saturated rings. The number of carbonyl (C=O) groups excluding carboxylic acids is 2. The van der Waals surface area contributed by atoms with Crippen LogP contribution in [0, 0.1) is 5.41 Å². The maximum Gasteiger partial charge on any atom is 0.324 e. The van der Waals surface area contributed by atoms with Crippen LogP contribution in [0.1, 0.15) is 26.7 Å². The van der Waals surface area contributed by atoms with E-state index in [0.29, 0.717) is 6.42 Å². The van der Waals surface area contributed by atoms with Crippen molar-refractivity contribution in [2.24, 2.45) is 5.41 Å². The van der Waals surface area contributed by atoms with Crippen molar-refractivity contribution in [2.45, 2.75) is 26.7 Å². The first kappa shape index (κ1) is 17.4. The van der Waals surface area contributed by atoms with Crippen LogP contribution >= 0.6 is 0 Å². The van der Waals surface area contributed by atoms with Crippen LogP contribution in [-0.4, -0.2) is 60.9 Å². The van der Waals surface area contributed by atoms with Gasteiger partial charge in [0.2, 0.25) is 5.91 Å². The maximum absolute atomic E-state index is 11.9. The Kier molecular flexibility index (Phi) is 5.32. The second kappa shape index (κ2) is 6.42. The lowest BCUT2D eigenvalue weighted by molar-refractivity contribution is -0.149. The Morgan fingerprint density at radius 1 is 1.19 bits per heavy atom. The second-order valence-electron chi connectivity index (χ2n) is 5.71. The number of hydrogen-bond donors (Lipinski definition) is 2. The molecule has 1 heterocycles. The van der Waals surface area contributed by atoms with E-state index in [-0.39, 0.29) is 31.0 Å². The quantitative estimate of drug-likeness (QED) is 0.745. The van der Waals surface area contributed by atoms with Crippen LogP contribution in [0.5, 0.6) is 0 Å². The van der Waals surface area contributed by atoms with Gasteiger partial charge in [-0.2, -0.15) is 0 Å². The van der Waals surface area contributed by atoms with Crippen LogP contribution in [0.25, 0.3) is 0 Å². The molecule has 0 aromatic carbocycles. The van der Waals surface area contributed by atoms with Crippen molar-refractivity contribution in [3.05, 3.63) is 0 Å². The third-order valence-electron chi connectivity index (χ3n) is 3.27. The van der Waals surface area contributed by atoms with Crippen LogP contribution in [-0.2, 0) is 19.4 Å². The average Bonchev–Trinajstić information content (AvgIpc) is 2.49. The number of sulfone groups is 1. The van der Waals surface area contributed by atoms with E-state index in [9.17, 15) is 22.8 Å². The zero-order chi connectivity index (χ0) is 16.3. The van der Waals surface area contributed by atoms with Crippen molar-refractivity contribution in [3.63, 3.8) is 0 Å². The van der Waals surface area contributed by atoms with Gasteiger partial charge in [-0.3, -0.25) is 14.9 Å². The molecule has 0 atom stereocenters. The third kappa shape index (κ3) is 5.33. The van der Waals surface area contributed by atoms with Crippen molar-refractivity contribution >= 4 is 27.7 Å². The number of nitrogens with one attached hydrogen (secondary N) is 1. The minimum atomic E-state index is -3.14. The zero-order valence-electron chi connectivity index (χ0n) is 12.1. The Morgan fingerprint density at radius 3 is 2.38 bits per heavy atom. The van der Waals surface area contributed by atoms with Gasteiger partial charge < -0.3 is 10.0 Å². The number of hydrogen-bond acceptors (Lipinski definition) is 5. The summed E-state index contributed by atoms with van der Waals surface area (Å²) in [5, 5.41) is 11.0. The average molecular weight is 320 g/mol.